The highest BCUT2D eigenvalue weighted by Gasteiger charge is 2.31. The van der Waals surface area contributed by atoms with E-state index in [9.17, 15) is 0 Å². The smallest absolute Gasteiger partial charge is 0.194 e. The quantitative estimate of drug-likeness (QED) is 0.659. The second kappa shape index (κ2) is 8.26. The van der Waals surface area contributed by atoms with Crippen molar-refractivity contribution < 1.29 is 4.42 Å². The Hall–Kier alpha value is -1.49. The van der Waals surface area contributed by atoms with Crippen molar-refractivity contribution in [2.75, 3.05) is 32.7 Å². The molecule has 0 amide bonds. The van der Waals surface area contributed by atoms with Gasteiger partial charge in [0.15, 0.2) is 5.96 Å². The molecule has 0 spiro atoms. The van der Waals surface area contributed by atoms with Crippen molar-refractivity contribution >= 4 is 5.96 Å². The number of furan rings is 1. The van der Waals surface area contributed by atoms with Crippen molar-refractivity contribution in [1.29, 1.82) is 0 Å². The molecule has 0 radical (unpaired) electrons. The Balaban J connectivity index is 1.37. The van der Waals surface area contributed by atoms with Crippen molar-refractivity contribution in [3.8, 4) is 0 Å². The van der Waals surface area contributed by atoms with E-state index in [2.05, 4.69) is 15.1 Å². The molecule has 25 heavy (non-hydrogen) atoms. The molecule has 2 saturated heterocycles. The molecule has 138 valence electrons. The maximum absolute atomic E-state index is 5.45. The fourth-order valence-electron chi connectivity index (χ4n) is 4.56. The van der Waals surface area contributed by atoms with Gasteiger partial charge in [-0.2, -0.15) is 0 Å². The predicted molar refractivity (Wildman–Crippen MR) is 101 cm³/mol. The van der Waals surface area contributed by atoms with Crippen molar-refractivity contribution in [1.82, 2.24) is 15.1 Å². The Morgan fingerprint density at radius 2 is 1.96 bits per heavy atom. The first-order chi connectivity index (χ1) is 12.4. The molecule has 1 unspecified atom stereocenters. The zero-order valence-electron chi connectivity index (χ0n) is 15.3. The average molecular weight is 345 g/mol. The highest BCUT2D eigenvalue weighted by molar-refractivity contribution is 5.80. The monoisotopic (exact) mass is 344 g/mol. The van der Waals surface area contributed by atoms with Crippen LogP contribution in [0.15, 0.2) is 27.8 Å². The Morgan fingerprint density at radius 1 is 1.12 bits per heavy atom. The molecule has 0 aromatic carbocycles. The van der Waals surface area contributed by atoms with Gasteiger partial charge in [-0.15, -0.1) is 0 Å². The van der Waals surface area contributed by atoms with E-state index in [1.807, 2.05) is 12.1 Å². The summed E-state index contributed by atoms with van der Waals surface area (Å²) in [6.07, 6.45) is 12.0. The Bertz CT molecular complexity index is 544. The summed E-state index contributed by atoms with van der Waals surface area (Å²) in [5, 5.41) is 3.78. The van der Waals surface area contributed by atoms with E-state index < -0.39 is 0 Å². The summed E-state index contributed by atoms with van der Waals surface area (Å²) in [5.41, 5.74) is 0. The molecule has 1 atom stereocenters. The maximum atomic E-state index is 5.45. The average Bonchev–Trinajstić information content (AvgIpc) is 3.41. The predicted octanol–water partition coefficient (Wildman–Crippen LogP) is 2.88. The highest BCUT2D eigenvalue weighted by atomic mass is 16.3. The van der Waals surface area contributed by atoms with E-state index in [-0.39, 0.29) is 0 Å². The zero-order valence-corrected chi connectivity index (χ0v) is 15.3. The minimum Gasteiger partial charge on any atom is -0.469 e. The summed E-state index contributed by atoms with van der Waals surface area (Å²) in [5.74, 6) is 2.17. The van der Waals surface area contributed by atoms with Gasteiger partial charge in [0.1, 0.15) is 5.76 Å². The summed E-state index contributed by atoms with van der Waals surface area (Å²) in [4.78, 5) is 10.2. The van der Waals surface area contributed by atoms with Crippen LogP contribution in [-0.4, -0.2) is 60.6 Å². The first-order valence-corrected chi connectivity index (χ1v) is 10.2. The third-order valence-electron chi connectivity index (χ3n) is 6.01. The number of aliphatic imine (C=N–C) groups is 1. The number of hydrogen-bond acceptors (Lipinski definition) is 3. The largest absolute Gasteiger partial charge is 0.469 e. The molecule has 1 aromatic heterocycles. The Morgan fingerprint density at radius 3 is 2.72 bits per heavy atom. The lowest BCUT2D eigenvalue weighted by atomic mass is 10.2. The molecule has 1 saturated carbocycles. The summed E-state index contributed by atoms with van der Waals surface area (Å²) in [6.45, 7) is 5.66. The minimum atomic E-state index is 0.619. The van der Waals surface area contributed by atoms with E-state index in [0.717, 1.165) is 43.8 Å². The number of guanidine groups is 1. The van der Waals surface area contributed by atoms with Gasteiger partial charge in [-0.3, -0.25) is 9.89 Å². The highest BCUT2D eigenvalue weighted by Crippen LogP contribution is 2.22. The van der Waals surface area contributed by atoms with Crippen LogP contribution in [0.5, 0.6) is 0 Å². The summed E-state index contributed by atoms with van der Waals surface area (Å²) >= 11 is 0. The van der Waals surface area contributed by atoms with Crippen LogP contribution >= 0.6 is 0 Å². The first-order valence-electron chi connectivity index (χ1n) is 10.2. The van der Waals surface area contributed by atoms with Gasteiger partial charge in [0.05, 0.1) is 6.26 Å². The lowest BCUT2D eigenvalue weighted by Crippen LogP contribution is -2.46. The van der Waals surface area contributed by atoms with Crippen LogP contribution in [0.3, 0.4) is 0 Å². The van der Waals surface area contributed by atoms with Crippen LogP contribution in [0, 0.1) is 0 Å². The van der Waals surface area contributed by atoms with Crippen LogP contribution in [0.4, 0.5) is 0 Å². The van der Waals surface area contributed by atoms with Gasteiger partial charge in [0.25, 0.3) is 0 Å². The molecule has 5 heteroatoms. The molecule has 3 aliphatic rings. The summed E-state index contributed by atoms with van der Waals surface area (Å²) < 4.78 is 5.45. The summed E-state index contributed by atoms with van der Waals surface area (Å²) in [6, 6.07) is 5.34. The normalized spacial score (nSPS) is 26.0. The minimum absolute atomic E-state index is 0.619. The van der Waals surface area contributed by atoms with Gasteiger partial charge in [-0.05, 0) is 57.3 Å². The number of nitrogens with zero attached hydrogens (tertiary/aromatic N) is 3. The SMILES string of the molecule is c1coc(CCN=C(NC2CCCC2)N2CCC(N3CCCC3)C2)c1. The Kier molecular flexibility index (Phi) is 5.60. The van der Waals surface area contributed by atoms with Gasteiger partial charge < -0.3 is 14.6 Å². The molecule has 3 heterocycles. The van der Waals surface area contributed by atoms with E-state index in [1.54, 1.807) is 6.26 Å². The molecule has 5 nitrogen and oxygen atoms in total. The topological polar surface area (TPSA) is 44.0 Å². The zero-order chi connectivity index (χ0) is 16.9. The molecule has 1 aromatic rings. The van der Waals surface area contributed by atoms with Crippen molar-refractivity contribution in [2.45, 2.75) is 63.5 Å². The van der Waals surface area contributed by atoms with Gasteiger partial charge in [0, 0.05) is 38.1 Å². The van der Waals surface area contributed by atoms with Crippen molar-refractivity contribution in [3.05, 3.63) is 24.2 Å². The molecular weight excluding hydrogens is 312 g/mol. The molecule has 2 aliphatic heterocycles. The lowest BCUT2D eigenvalue weighted by Gasteiger charge is -2.27. The van der Waals surface area contributed by atoms with Gasteiger partial charge in [0.2, 0.25) is 0 Å². The van der Waals surface area contributed by atoms with Gasteiger partial charge >= 0.3 is 0 Å². The van der Waals surface area contributed by atoms with Crippen LogP contribution in [-0.2, 0) is 6.42 Å². The molecule has 1 aliphatic carbocycles. The first kappa shape index (κ1) is 17.0. The van der Waals surface area contributed by atoms with E-state index in [1.165, 1.54) is 58.0 Å². The van der Waals surface area contributed by atoms with Crippen LogP contribution in [0.25, 0.3) is 0 Å². The van der Waals surface area contributed by atoms with Gasteiger partial charge in [-0.25, -0.2) is 0 Å². The molecular formula is C20H32N4O. The number of hydrogen-bond donors (Lipinski definition) is 1. The molecule has 3 fully saturated rings. The third-order valence-corrected chi connectivity index (χ3v) is 6.01. The van der Waals surface area contributed by atoms with E-state index in [0.29, 0.717) is 6.04 Å². The number of rotatable bonds is 5. The maximum Gasteiger partial charge on any atom is 0.194 e. The summed E-state index contributed by atoms with van der Waals surface area (Å²) in [7, 11) is 0. The second-order valence-corrected chi connectivity index (χ2v) is 7.79. The number of likely N-dealkylation sites (tertiary alicyclic amines) is 2. The van der Waals surface area contributed by atoms with Crippen molar-refractivity contribution in [2.24, 2.45) is 4.99 Å². The molecule has 4 rings (SSSR count). The van der Waals surface area contributed by atoms with E-state index in [4.69, 9.17) is 9.41 Å². The van der Waals surface area contributed by atoms with Crippen LogP contribution in [0.1, 0.15) is 50.7 Å². The third kappa shape index (κ3) is 4.38. The van der Waals surface area contributed by atoms with E-state index >= 15 is 0 Å². The molecule has 1 N–H and O–H groups in total. The fourth-order valence-corrected chi connectivity index (χ4v) is 4.56. The molecule has 0 bridgehead atoms. The fraction of sp³-hybridized carbons (Fsp3) is 0.750. The van der Waals surface area contributed by atoms with Crippen LogP contribution < -0.4 is 5.32 Å². The Labute approximate surface area is 151 Å². The lowest BCUT2D eigenvalue weighted by molar-refractivity contribution is 0.249. The van der Waals surface area contributed by atoms with Crippen molar-refractivity contribution in [3.63, 3.8) is 0 Å². The second-order valence-electron chi connectivity index (χ2n) is 7.79. The van der Waals surface area contributed by atoms with Gasteiger partial charge in [-0.1, -0.05) is 12.8 Å². The van der Waals surface area contributed by atoms with Crippen LogP contribution in [0.2, 0.25) is 0 Å². The standard InChI is InChI=1S/C20H32N4O/c1-2-7-17(6-1)22-20(21-11-9-19-8-5-15-25-19)24-14-10-18(16-24)23-12-3-4-13-23/h5,8,15,17-18H,1-4,6-7,9-14,16H2,(H,21,22). The number of nitrogens with one attached hydrogen (secondary N) is 1.